The average Bonchev–Trinajstić information content (AvgIpc) is 2.64. The van der Waals surface area contributed by atoms with E-state index >= 15 is 0 Å². The van der Waals surface area contributed by atoms with Crippen molar-refractivity contribution in [1.29, 1.82) is 0 Å². The summed E-state index contributed by atoms with van der Waals surface area (Å²) >= 11 is 1.77. The summed E-state index contributed by atoms with van der Waals surface area (Å²) in [4.78, 5) is 7.28. The largest absolute Gasteiger partial charge is 0.340 e. The van der Waals surface area contributed by atoms with Gasteiger partial charge in [-0.1, -0.05) is 32.5 Å². The monoisotopic (exact) mass is 213 g/mol. The molecule has 0 bridgehead atoms. The van der Waals surface area contributed by atoms with E-state index in [0.29, 0.717) is 12.0 Å². The first-order chi connectivity index (χ1) is 6.74. The summed E-state index contributed by atoms with van der Waals surface area (Å²) in [6.07, 6.45) is 3.65. The molecule has 2 N–H and O–H groups in total. The van der Waals surface area contributed by atoms with Crippen LogP contribution in [0.2, 0.25) is 0 Å². The van der Waals surface area contributed by atoms with Crippen LogP contribution >= 0.6 is 11.8 Å². The molecule has 0 aliphatic carbocycles. The quantitative estimate of drug-likeness (QED) is 0.711. The Hall–Kier alpha value is -0.480. The minimum absolute atomic E-state index is 0.565. The molecule has 4 heteroatoms. The highest BCUT2D eigenvalue weighted by Gasteiger charge is 2.12. The number of nitrogens with one attached hydrogen (secondary N) is 2. The Morgan fingerprint density at radius 3 is 2.86 bits per heavy atom. The van der Waals surface area contributed by atoms with Crippen LogP contribution in [0, 0.1) is 5.92 Å². The normalized spacial score (nSPS) is 13.4. The van der Waals surface area contributed by atoms with E-state index in [-0.39, 0.29) is 0 Å². The van der Waals surface area contributed by atoms with Crippen LogP contribution in [0.5, 0.6) is 0 Å². The lowest BCUT2D eigenvalue weighted by Gasteiger charge is -2.20. The fraction of sp³-hybridized carbons (Fsp3) is 0.700. The van der Waals surface area contributed by atoms with Crippen molar-refractivity contribution in [2.75, 3.05) is 12.3 Å². The van der Waals surface area contributed by atoms with Gasteiger partial charge in [-0.05, 0) is 12.5 Å². The first-order valence-corrected chi connectivity index (χ1v) is 6.08. The zero-order chi connectivity index (χ0) is 10.4. The molecule has 1 aromatic heterocycles. The number of rotatable bonds is 6. The molecule has 1 atom stereocenters. The molecule has 0 radical (unpaired) electrons. The molecular formula is C10H19N3S. The van der Waals surface area contributed by atoms with Crippen LogP contribution in [0.4, 0.5) is 0 Å². The molecule has 3 nitrogen and oxygen atoms in total. The van der Waals surface area contributed by atoms with E-state index in [9.17, 15) is 0 Å². The van der Waals surface area contributed by atoms with Crippen LogP contribution in [0.1, 0.15) is 20.8 Å². The molecular weight excluding hydrogens is 194 g/mol. The van der Waals surface area contributed by atoms with E-state index in [0.717, 1.165) is 17.5 Å². The summed E-state index contributed by atoms with van der Waals surface area (Å²) in [6.45, 7) is 7.67. The van der Waals surface area contributed by atoms with Crippen molar-refractivity contribution in [2.24, 2.45) is 5.92 Å². The maximum Gasteiger partial charge on any atom is 0.165 e. The summed E-state index contributed by atoms with van der Waals surface area (Å²) in [6, 6.07) is 0.565. The van der Waals surface area contributed by atoms with Gasteiger partial charge in [0.2, 0.25) is 0 Å². The second-order valence-corrected chi connectivity index (χ2v) is 4.62. The Kier molecular flexibility index (Phi) is 5.04. The van der Waals surface area contributed by atoms with Crippen LogP contribution in [-0.2, 0) is 0 Å². The highest BCUT2D eigenvalue weighted by Crippen LogP contribution is 2.16. The predicted molar refractivity (Wildman–Crippen MR) is 61.6 cm³/mol. The molecule has 1 aromatic rings. The Morgan fingerprint density at radius 2 is 2.36 bits per heavy atom. The van der Waals surface area contributed by atoms with Gasteiger partial charge in [0, 0.05) is 24.2 Å². The third-order valence-corrected chi connectivity index (χ3v) is 3.17. The second kappa shape index (κ2) is 6.09. The SMILES string of the molecule is CCNC(CSc1ncc[nH]1)C(C)C. The molecule has 0 aliphatic rings. The number of imidazole rings is 1. The molecule has 0 saturated heterocycles. The van der Waals surface area contributed by atoms with Gasteiger partial charge < -0.3 is 10.3 Å². The minimum Gasteiger partial charge on any atom is -0.340 e. The average molecular weight is 213 g/mol. The smallest absolute Gasteiger partial charge is 0.165 e. The molecule has 0 fully saturated rings. The Morgan fingerprint density at radius 1 is 1.57 bits per heavy atom. The number of H-pyrrole nitrogens is 1. The summed E-state index contributed by atoms with van der Waals surface area (Å²) in [5, 5.41) is 4.49. The molecule has 0 spiro atoms. The van der Waals surface area contributed by atoms with Crippen LogP contribution < -0.4 is 5.32 Å². The van der Waals surface area contributed by atoms with E-state index in [1.54, 1.807) is 18.0 Å². The third kappa shape index (κ3) is 3.72. The van der Waals surface area contributed by atoms with Gasteiger partial charge in [-0.25, -0.2) is 4.98 Å². The van der Waals surface area contributed by atoms with Gasteiger partial charge in [0.05, 0.1) is 0 Å². The lowest BCUT2D eigenvalue weighted by Crippen LogP contribution is -2.35. The molecule has 0 aromatic carbocycles. The summed E-state index contributed by atoms with van der Waals surface area (Å²) in [5.41, 5.74) is 0. The molecule has 1 rings (SSSR count). The molecule has 0 aliphatic heterocycles. The lowest BCUT2D eigenvalue weighted by molar-refractivity contribution is 0.443. The molecule has 1 heterocycles. The second-order valence-electron chi connectivity index (χ2n) is 3.61. The van der Waals surface area contributed by atoms with Gasteiger partial charge in [0.25, 0.3) is 0 Å². The van der Waals surface area contributed by atoms with Crippen LogP contribution in [0.3, 0.4) is 0 Å². The molecule has 1 unspecified atom stereocenters. The maximum absolute atomic E-state index is 4.19. The van der Waals surface area contributed by atoms with Crippen molar-refractivity contribution in [3.8, 4) is 0 Å². The summed E-state index contributed by atoms with van der Waals surface area (Å²) in [5.74, 6) is 1.73. The van der Waals surface area contributed by atoms with Crippen molar-refractivity contribution in [1.82, 2.24) is 15.3 Å². The Bertz CT molecular complexity index is 234. The maximum atomic E-state index is 4.19. The van der Waals surface area contributed by atoms with Gasteiger partial charge in [0.15, 0.2) is 5.16 Å². The molecule has 80 valence electrons. The fourth-order valence-corrected chi connectivity index (χ4v) is 2.37. The van der Waals surface area contributed by atoms with Crippen molar-refractivity contribution in [3.63, 3.8) is 0 Å². The standard InChI is InChI=1S/C10H19N3S/c1-4-11-9(8(2)3)7-14-10-12-5-6-13-10/h5-6,8-9,11H,4,7H2,1-3H3,(H,12,13). The number of hydrogen-bond donors (Lipinski definition) is 2. The van der Waals surface area contributed by atoms with E-state index in [1.165, 1.54) is 0 Å². The number of hydrogen-bond acceptors (Lipinski definition) is 3. The predicted octanol–water partition coefficient (Wildman–Crippen LogP) is 2.14. The van der Waals surface area contributed by atoms with E-state index in [4.69, 9.17) is 0 Å². The number of aromatic amines is 1. The first-order valence-electron chi connectivity index (χ1n) is 5.09. The highest BCUT2D eigenvalue weighted by molar-refractivity contribution is 7.99. The van der Waals surface area contributed by atoms with Gasteiger partial charge in [-0.15, -0.1) is 0 Å². The van der Waals surface area contributed by atoms with Crippen LogP contribution in [-0.4, -0.2) is 28.3 Å². The molecule has 0 amide bonds. The zero-order valence-electron chi connectivity index (χ0n) is 9.08. The topological polar surface area (TPSA) is 40.7 Å². The number of thioether (sulfide) groups is 1. The van der Waals surface area contributed by atoms with Crippen molar-refractivity contribution >= 4 is 11.8 Å². The van der Waals surface area contributed by atoms with E-state index in [1.807, 2.05) is 6.20 Å². The van der Waals surface area contributed by atoms with Gasteiger partial charge >= 0.3 is 0 Å². The van der Waals surface area contributed by atoms with Gasteiger partial charge in [-0.3, -0.25) is 0 Å². The fourth-order valence-electron chi connectivity index (χ4n) is 1.25. The zero-order valence-corrected chi connectivity index (χ0v) is 9.90. The van der Waals surface area contributed by atoms with Crippen molar-refractivity contribution < 1.29 is 0 Å². The number of nitrogens with zero attached hydrogens (tertiary/aromatic N) is 1. The highest BCUT2D eigenvalue weighted by atomic mass is 32.2. The molecule has 0 saturated carbocycles. The van der Waals surface area contributed by atoms with Gasteiger partial charge in [-0.2, -0.15) is 0 Å². The van der Waals surface area contributed by atoms with E-state index in [2.05, 4.69) is 36.1 Å². The van der Waals surface area contributed by atoms with Crippen molar-refractivity contribution in [2.45, 2.75) is 32.0 Å². The minimum atomic E-state index is 0.565. The summed E-state index contributed by atoms with van der Waals surface area (Å²) in [7, 11) is 0. The lowest BCUT2D eigenvalue weighted by atomic mass is 10.1. The van der Waals surface area contributed by atoms with Crippen LogP contribution in [0.25, 0.3) is 0 Å². The molecule has 14 heavy (non-hydrogen) atoms. The number of aromatic nitrogens is 2. The van der Waals surface area contributed by atoms with Crippen LogP contribution in [0.15, 0.2) is 17.6 Å². The van der Waals surface area contributed by atoms with Crippen molar-refractivity contribution in [3.05, 3.63) is 12.4 Å². The summed E-state index contributed by atoms with van der Waals surface area (Å²) < 4.78 is 0. The van der Waals surface area contributed by atoms with E-state index < -0.39 is 0 Å². The third-order valence-electron chi connectivity index (χ3n) is 2.14. The Labute approximate surface area is 90.1 Å². The first kappa shape index (κ1) is 11.6. The van der Waals surface area contributed by atoms with Gasteiger partial charge in [0.1, 0.15) is 0 Å². The Balaban J connectivity index is 2.33.